The first-order valence-electron chi connectivity index (χ1n) is 12.1. The van der Waals surface area contributed by atoms with E-state index in [2.05, 4.69) is 36.1 Å². The van der Waals surface area contributed by atoms with Gasteiger partial charge in [-0.05, 0) is 84.6 Å². The lowest BCUT2D eigenvalue weighted by Gasteiger charge is -2.34. The van der Waals surface area contributed by atoms with E-state index in [4.69, 9.17) is 9.47 Å². The van der Waals surface area contributed by atoms with Crippen LogP contribution in [0.2, 0.25) is 0 Å². The van der Waals surface area contributed by atoms with Gasteiger partial charge in [-0.2, -0.15) is 0 Å². The maximum Gasteiger partial charge on any atom is 0.140 e. The lowest BCUT2D eigenvalue weighted by Crippen LogP contribution is -2.35. The van der Waals surface area contributed by atoms with Gasteiger partial charge >= 0.3 is 0 Å². The van der Waals surface area contributed by atoms with Crippen LogP contribution < -0.4 is 9.47 Å². The van der Waals surface area contributed by atoms with Crippen molar-refractivity contribution in [2.24, 2.45) is 11.1 Å². The van der Waals surface area contributed by atoms with Gasteiger partial charge in [-0.15, -0.1) is 16.7 Å². The van der Waals surface area contributed by atoms with Crippen molar-refractivity contribution in [3.63, 3.8) is 0 Å². The number of thioether (sulfide) groups is 1. The number of fused-ring (bicyclic) bond motifs is 1. The fraction of sp³-hybridized carbons (Fsp3) is 0.357. The SMILES string of the molecule is C[C@@H]1CCN([C@@H](C)COc2ccc([C@@H]3Oc4ccc(O)cc4S[C@@H]3c3ccc(N=O)cc3)cc2)C1. The molecule has 1 N–H and O–H groups in total. The first kappa shape index (κ1) is 23.7. The van der Waals surface area contributed by atoms with Crippen LogP contribution in [-0.4, -0.2) is 35.7 Å². The monoisotopic (exact) mass is 490 g/mol. The van der Waals surface area contributed by atoms with Crippen molar-refractivity contribution < 1.29 is 14.6 Å². The van der Waals surface area contributed by atoms with Crippen LogP contribution in [0.4, 0.5) is 5.69 Å². The van der Waals surface area contributed by atoms with Gasteiger partial charge in [0.15, 0.2) is 0 Å². The maximum absolute atomic E-state index is 10.9. The van der Waals surface area contributed by atoms with Crippen LogP contribution in [0, 0.1) is 10.8 Å². The highest BCUT2D eigenvalue weighted by Crippen LogP contribution is 2.54. The van der Waals surface area contributed by atoms with E-state index in [1.54, 1.807) is 42.1 Å². The number of ether oxygens (including phenoxy) is 2. The summed E-state index contributed by atoms with van der Waals surface area (Å²) in [5.41, 5.74) is 2.45. The third kappa shape index (κ3) is 5.31. The molecule has 0 aromatic heterocycles. The van der Waals surface area contributed by atoms with Crippen molar-refractivity contribution in [1.29, 1.82) is 0 Å². The fourth-order valence-corrected chi connectivity index (χ4v) is 6.06. The number of benzene rings is 3. The zero-order valence-electron chi connectivity index (χ0n) is 20.0. The molecule has 2 aliphatic rings. The van der Waals surface area contributed by atoms with Crippen molar-refractivity contribution in [3.05, 3.63) is 82.8 Å². The summed E-state index contributed by atoms with van der Waals surface area (Å²) < 4.78 is 12.6. The second-order valence-electron chi connectivity index (χ2n) is 9.51. The minimum atomic E-state index is -0.244. The fourth-order valence-electron chi connectivity index (χ4n) is 4.74. The Morgan fingerprint density at radius 1 is 1.11 bits per heavy atom. The lowest BCUT2D eigenvalue weighted by molar-refractivity contribution is 0.168. The minimum absolute atomic E-state index is 0.0612. The summed E-state index contributed by atoms with van der Waals surface area (Å²) in [4.78, 5) is 14.3. The van der Waals surface area contributed by atoms with Crippen LogP contribution in [0.25, 0.3) is 0 Å². The van der Waals surface area contributed by atoms with Crippen molar-refractivity contribution in [3.8, 4) is 17.2 Å². The molecular formula is C28H30N2O4S. The molecule has 3 aromatic rings. The van der Waals surface area contributed by atoms with E-state index in [1.165, 1.54) is 6.42 Å². The number of aromatic hydroxyl groups is 1. The normalized spacial score (nSPS) is 22.7. The largest absolute Gasteiger partial charge is 0.508 e. The van der Waals surface area contributed by atoms with E-state index in [0.717, 1.165) is 46.5 Å². The van der Waals surface area contributed by atoms with E-state index in [-0.39, 0.29) is 17.1 Å². The Labute approximate surface area is 210 Å². The Hall–Kier alpha value is -3.03. The molecule has 0 amide bonds. The molecule has 1 fully saturated rings. The summed E-state index contributed by atoms with van der Waals surface area (Å²) in [6.07, 6.45) is 1.02. The zero-order valence-corrected chi connectivity index (χ0v) is 20.8. The first-order chi connectivity index (χ1) is 17.0. The van der Waals surface area contributed by atoms with Crippen LogP contribution in [-0.2, 0) is 0 Å². The minimum Gasteiger partial charge on any atom is -0.508 e. The molecule has 0 radical (unpaired) electrons. The third-order valence-electron chi connectivity index (χ3n) is 6.82. The van der Waals surface area contributed by atoms with Crippen molar-refractivity contribution >= 4 is 17.4 Å². The van der Waals surface area contributed by atoms with Crippen molar-refractivity contribution in [2.45, 2.75) is 42.6 Å². The topological polar surface area (TPSA) is 71.4 Å². The van der Waals surface area contributed by atoms with Gasteiger partial charge in [-0.3, -0.25) is 4.90 Å². The van der Waals surface area contributed by atoms with Crippen molar-refractivity contribution in [2.75, 3.05) is 19.7 Å². The Balaban J connectivity index is 1.34. The molecule has 4 atom stereocenters. The molecule has 2 heterocycles. The summed E-state index contributed by atoms with van der Waals surface area (Å²) in [5, 5.41) is 12.9. The van der Waals surface area contributed by atoms with E-state index >= 15 is 0 Å². The molecular weight excluding hydrogens is 460 g/mol. The van der Waals surface area contributed by atoms with Gasteiger partial charge in [-0.1, -0.05) is 31.2 Å². The maximum atomic E-state index is 10.9. The van der Waals surface area contributed by atoms with Crippen LogP contribution >= 0.6 is 11.8 Å². The number of likely N-dealkylation sites (tertiary alicyclic amines) is 1. The average Bonchev–Trinajstić information content (AvgIpc) is 3.33. The molecule has 0 saturated carbocycles. The van der Waals surface area contributed by atoms with Crippen LogP contribution in [0.5, 0.6) is 17.2 Å². The smallest absolute Gasteiger partial charge is 0.140 e. The highest BCUT2D eigenvalue weighted by atomic mass is 32.2. The van der Waals surface area contributed by atoms with Gasteiger partial charge in [0.1, 0.15) is 35.6 Å². The molecule has 0 spiro atoms. The standard InChI is InChI=1S/C28H30N2O4S/c1-18-13-14-30(16-18)19(2)17-33-24-10-5-20(6-11-24)27-28(21-3-7-22(29-32)8-4-21)35-26-15-23(31)9-12-25(26)34-27/h3-12,15,18-19,27-28,31H,13-14,16-17H2,1-2H3/t18-,19+,27+,28-/m1/s1. The molecule has 182 valence electrons. The number of nitroso groups, excluding NO2 is 1. The summed E-state index contributed by atoms with van der Waals surface area (Å²) in [6.45, 7) is 7.49. The average molecular weight is 491 g/mol. The molecule has 0 unspecified atom stereocenters. The molecule has 0 aliphatic carbocycles. The number of phenolic OH excluding ortho intramolecular Hbond substituents is 1. The number of hydrogen-bond acceptors (Lipinski definition) is 7. The third-order valence-corrected chi connectivity index (χ3v) is 8.16. The zero-order chi connectivity index (χ0) is 24.4. The van der Waals surface area contributed by atoms with Gasteiger partial charge in [0.25, 0.3) is 0 Å². The Morgan fingerprint density at radius 2 is 1.86 bits per heavy atom. The predicted octanol–water partition coefficient (Wildman–Crippen LogP) is 6.87. The molecule has 3 aromatic carbocycles. The van der Waals surface area contributed by atoms with E-state index in [9.17, 15) is 10.0 Å². The van der Waals surface area contributed by atoms with Gasteiger partial charge in [0.05, 0.1) is 10.1 Å². The quantitative estimate of drug-likeness (QED) is 0.365. The summed E-state index contributed by atoms with van der Waals surface area (Å²) in [5.74, 6) is 2.56. The number of rotatable bonds is 7. The molecule has 5 rings (SSSR count). The molecule has 2 aliphatic heterocycles. The van der Waals surface area contributed by atoms with Gasteiger partial charge < -0.3 is 14.6 Å². The van der Waals surface area contributed by atoms with E-state index in [1.807, 2.05) is 24.3 Å². The summed E-state index contributed by atoms with van der Waals surface area (Å²) in [7, 11) is 0. The predicted molar refractivity (Wildman–Crippen MR) is 139 cm³/mol. The number of nitrogens with zero attached hydrogens (tertiary/aromatic N) is 2. The molecule has 7 heteroatoms. The van der Waals surface area contributed by atoms with Crippen molar-refractivity contribution in [1.82, 2.24) is 4.90 Å². The van der Waals surface area contributed by atoms with Crippen LogP contribution in [0.15, 0.2) is 76.8 Å². The van der Waals surface area contributed by atoms with Gasteiger partial charge in [-0.25, -0.2) is 0 Å². The second kappa shape index (κ2) is 10.3. The second-order valence-corrected chi connectivity index (χ2v) is 10.7. The summed E-state index contributed by atoms with van der Waals surface area (Å²) >= 11 is 1.64. The highest BCUT2D eigenvalue weighted by Gasteiger charge is 2.34. The van der Waals surface area contributed by atoms with Gasteiger partial charge in [0, 0.05) is 12.6 Å². The Bertz CT molecular complexity index is 1170. The van der Waals surface area contributed by atoms with Gasteiger partial charge in [0.2, 0.25) is 0 Å². The van der Waals surface area contributed by atoms with E-state index < -0.39 is 0 Å². The summed E-state index contributed by atoms with van der Waals surface area (Å²) in [6, 6.07) is 21.0. The Kier molecular flexibility index (Phi) is 6.97. The van der Waals surface area contributed by atoms with E-state index in [0.29, 0.717) is 18.3 Å². The lowest BCUT2D eigenvalue weighted by atomic mass is 9.99. The molecule has 1 saturated heterocycles. The number of phenols is 1. The molecule has 35 heavy (non-hydrogen) atoms. The Morgan fingerprint density at radius 3 is 2.54 bits per heavy atom. The van der Waals surface area contributed by atoms with Crippen LogP contribution in [0.1, 0.15) is 42.7 Å². The first-order valence-corrected chi connectivity index (χ1v) is 12.9. The molecule has 6 nitrogen and oxygen atoms in total. The van der Waals surface area contributed by atoms with Crippen LogP contribution in [0.3, 0.4) is 0 Å². The molecule has 0 bridgehead atoms. The highest BCUT2D eigenvalue weighted by molar-refractivity contribution is 7.99. The number of hydrogen-bond donors (Lipinski definition) is 1.